The largest absolute Gasteiger partial charge is 0.433 e. The molecule has 0 aliphatic heterocycles. The van der Waals surface area contributed by atoms with Gasteiger partial charge in [-0.3, -0.25) is 0 Å². The average Bonchev–Trinajstić information content (AvgIpc) is 2.37. The second-order valence-corrected chi connectivity index (χ2v) is 4.49. The maximum atomic E-state index is 12.7. The van der Waals surface area contributed by atoms with Crippen LogP contribution < -0.4 is 10.6 Å². The highest BCUT2D eigenvalue weighted by molar-refractivity contribution is 5.45. The third-order valence-electron chi connectivity index (χ3n) is 2.48. The fraction of sp³-hybridized carbons (Fsp3) is 0.636. The molecule has 0 amide bonds. The zero-order valence-electron chi connectivity index (χ0n) is 11.1. The van der Waals surface area contributed by atoms with Crippen LogP contribution in [0.15, 0.2) is 6.07 Å². The van der Waals surface area contributed by atoms with Crippen LogP contribution in [-0.2, 0) is 6.18 Å². The van der Waals surface area contributed by atoms with Crippen molar-refractivity contribution in [2.75, 3.05) is 30.4 Å². The third-order valence-corrected chi connectivity index (χ3v) is 2.48. The van der Waals surface area contributed by atoms with Gasteiger partial charge in [0.1, 0.15) is 5.82 Å². The van der Waals surface area contributed by atoms with E-state index in [-0.39, 0.29) is 11.8 Å². The van der Waals surface area contributed by atoms with E-state index in [1.807, 2.05) is 0 Å². The maximum Gasteiger partial charge on any atom is 0.433 e. The number of nitrogens with one attached hydrogen (secondary N) is 2. The number of aromatic nitrogens is 2. The van der Waals surface area contributed by atoms with Crippen LogP contribution >= 0.6 is 0 Å². The Morgan fingerprint density at radius 3 is 2.25 bits per heavy atom. The van der Waals surface area contributed by atoms with Crippen molar-refractivity contribution in [2.24, 2.45) is 0 Å². The van der Waals surface area contributed by atoms with Crippen LogP contribution in [0.25, 0.3) is 0 Å². The molecular weight excluding hydrogens is 277 g/mol. The van der Waals surface area contributed by atoms with Gasteiger partial charge in [0.05, 0.1) is 18.8 Å². The molecule has 1 rings (SSSR count). The van der Waals surface area contributed by atoms with Crippen molar-refractivity contribution >= 4 is 11.8 Å². The van der Waals surface area contributed by atoms with Crippen LogP contribution in [0.2, 0.25) is 0 Å². The molecule has 0 aromatic carbocycles. The van der Waals surface area contributed by atoms with Gasteiger partial charge in [0.15, 0.2) is 5.69 Å². The van der Waals surface area contributed by atoms with E-state index in [4.69, 9.17) is 10.2 Å². The zero-order valence-corrected chi connectivity index (χ0v) is 11.1. The summed E-state index contributed by atoms with van der Waals surface area (Å²) in [5.74, 6) is -0.308. The lowest BCUT2D eigenvalue weighted by atomic mass is 10.1. The lowest BCUT2D eigenvalue weighted by Gasteiger charge is -2.27. The highest BCUT2D eigenvalue weighted by Gasteiger charge is 2.34. The predicted octanol–water partition coefficient (Wildman–Crippen LogP) is 1.08. The molecule has 0 aliphatic rings. The summed E-state index contributed by atoms with van der Waals surface area (Å²) in [5.41, 5.74) is -2.29. The molecule has 0 unspecified atom stereocenters. The summed E-state index contributed by atoms with van der Waals surface area (Å²) in [5, 5.41) is 23.5. The number of halogens is 3. The number of hydrogen-bond donors (Lipinski definition) is 4. The number of aliphatic hydroxyl groups is 2. The monoisotopic (exact) mass is 294 g/mol. The van der Waals surface area contributed by atoms with Gasteiger partial charge in [-0.05, 0) is 13.8 Å². The second kappa shape index (κ2) is 6.23. The molecule has 1 heterocycles. The van der Waals surface area contributed by atoms with Gasteiger partial charge in [-0.1, -0.05) is 0 Å². The molecule has 0 saturated carbocycles. The Balaban J connectivity index is 3.15. The normalized spacial score (nSPS) is 12.3. The first-order valence-corrected chi connectivity index (χ1v) is 5.94. The lowest BCUT2D eigenvalue weighted by molar-refractivity contribution is -0.141. The van der Waals surface area contributed by atoms with Gasteiger partial charge >= 0.3 is 6.18 Å². The first-order valence-electron chi connectivity index (χ1n) is 5.94. The van der Waals surface area contributed by atoms with E-state index in [1.54, 1.807) is 6.92 Å². The minimum Gasteiger partial charge on any atom is -0.394 e. The van der Waals surface area contributed by atoms with E-state index in [0.717, 1.165) is 6.07 Å². The molecule has 0 fully saturated rings. The van der Waals surface area contributed by atoms with Crippen LogP contribution in [0.1, 0.15) is 19.5 Å². The molecule has 9 heteroatoms. The molecule has 0 atom stereocenters. The smallest absolute Gasteiger partial charge is 0.394 e. The van der Waals surface area contributed by atoms with Gasteiger partial charge in [-0.15, -0.1) is 0 Å². The number of anilines is 2. The summed E-state index contributed by atoms with van der Waals surface area (Å²) in [4.78, 5) is 7.23. The fourth-order valence-corrected chi connectivity index (χ4v) is 1.33. The Kier molecular flexibility index (Phi) is 5.12. The Labute approximate surface area is 114 Å². The number of alkyl halides is 3. The Bertz CT molecular complexity index is 450. The lowest BCUT2D eigenvalue weighted by Crippen LogP contribution is -2.43. The van der Waals surface area contributed by atoms with Crippen molar-refractivity contribution in [1.82, 2.24) is 9.97 Å². The summed E-state index contributed by atoms with van der Waals surface area (Å²) >= 11 is 0. The van der Waals surface area contributed by atoms with Crippen molar-refractivity contribution in [3.05, 3.63) is 11.8 Å². The molecule has 20 heavy (non-hydrogen) atoms. The number of nitrogens with zero attached hydrogens (tertiary/aromatic N) is 2. The van der Waals surface area contributed by atoms with Crippen LogP contribution in [0.3, 0.4) is 0 Å². The second-order valence-electron chi connectivity index (χ2n) is 4.49. The first-order chi connectivity index (χ1) is 9.24. The molecule has 0 spiro atoms. The maximum absolute atomic E-state index is 12.7. The molecule has 0 aliphatic carbocycles. The van der Waals surface area contributed by atoms with Gasteiger partial charge in [-0.2, -0.15) is 18.2 Å². The van der Waals surface area contributed by atoms with Crippen LogP contribution in [0.5, 0.6) is 0 Å². The van der Waals surface area contributed by atoms with Crippen LogP contribution in [0.4, 0.5) is 24.9 Å². The van der Waals surface area contributed by atoms with E-state index in [1.165, 1.54) is 6.92 Å². The van der Waals surface area contributed by atoms with E-state index in [2.05, 4.69) is 20.6 Å². The van der Waals surface area contributed by atoms with Gasteiger partial charge in [0.25, 0.3) is 0 Å². The quantitative estimate of drug-likeness (QED) is 0.628. The third kappa shape index (κ3) is 4.20. The number of aliphatic hydroxyl groups excluding tert-OH is 2. The van der Waals surface area contributed by atoms with Crippen LogP contribution in [0, 0.1) is 0 Å². The minimum absolute atomic E-state index is 0.131. The molecule has 0 saturated heterocycles. The van der Waals surface area contributed by atoms with Crippen molar-refractivity contribution < 1.29 is 23.4 Å². The summed E-state index contributed by atoms with van der Waals surface area (Å²) in [6.07, 6.45) is -4.61. The van der Waals surface area contributed by atoms with Crippen molar-refractivity contribution in [2.45, 2.75) is 25.6 Å². The number of rotatable bonds is 6. The first kappa shape index (κ1) is 16.4. The van der Waals surface area contributed by atoms with Gasteiger partial charge < -0.3 is 20.8 Å². The number of hydrogen-bond acceptors (Lipinski definition) is 6. The molecule has 1 aromatic rings. The van der Waals surface area contributed by atoms with Gasteiger partial charge in [0, 0.05) is 12.6 Å². The van der Waals surface area contributed by atoms with Crippen molar-refractivity contribution in [3.8, 4) is 0 Å². The summed E-state index contributed by atoms with van der Waals surface area (Å²) in [6, 6.07) is 0.727. The summed E-state index contributed by atoms with van der Waals surface area (Å²) in [7, 11) is 0. The highest BCUT2D eigenvalue weighted by atomic mass is 19.4. The van der Waals surface area contributed by atoms with E-state index in [0.29, 0.717) is 6.54 Å². The standard InChI is InChI=1S/C11H17F3N4O2/c1-3-15-9-16-7(11(12,13)14)4-8(17-9)18-10(2,5-19)6-20/h4,19-20H,3,5-6H2,1-2H3,(H2,15,16,17,18). The molecule has 6 nitrogen and oxygen atoms in total. The van der Waals surface area contributed by atoms with Crippen molar-refractivity contribution in [1.29, 1.82) is 0 Å². The zero-order chi connectivity index (χ0) is 15.4. The fourth-order valence-electron chi connectivity index (χ4n) is 1.33. The topological polar surface area (TPSA) is 90.3 Å². The minimum atomic E-state index is -4.61. The summed E-state index contributed by atoms with van der Waals surface area (Å²) < 4.78 is 38.2. The Morgan fingerprint density at radius 2 is 1.80 bits per heavy atom. The van der Waals surface area contributed by atoms with E-state index < -0.39 is 30.6 Å². The molecular formula is C11H17F3N4O2. The molecule has 114 valence electrons. The van der Waals surface area contributed by atoms with Gasteiger partial charge in [-0.25, -0.2) is 4.98 Å². The Hall–Kier alpha value is -1.61. The molecule has 4 N–H and O–H groups in total. The van der Waals surface area contributed by atoms with E-state index >= 15 is 0 Å². The molecule has 1 aromatic heterocycles. The SMILES string of the molecule is CCNc1nc(NC(C)(CO)CO)cc(C(F)(F)F)n1. The van der Waals surface area contributed by atoms with E-state index in [9.17, 15) is 13.2 Å². The van der Waals surface area contributed by atoms with Crippen molar-refractivity contribution in [3.63, 3.8) is 0 Å². The molecule has 0 radical (unpaired) electrons. The van der Waals surface area contributed by atoms with Crippen LogP contribution in [-0.4, -0.2) is 45.5 Å². The summed E-state index contributed by atoms with van der Waals surface area (Å²) in [6.45, 7) is 2.58. The highest BCUT2D eigenvalue weighted by Crippen LogP contribution is 2.30. The predicted molar refractivity (Wildman–Crippen MR) is 67.4 cm³/mol. The molecule has 0 bridgehead atoms. The Morgan fingerprint density at radius 1 is 1.20 bits per heavy atom. The average molecular weight is 294 g/mol. The van der Waals surface area contributed by atoms with Gasteiger partial charge in [0.2, 0.25) is 5.95 Å².